The second kappa shape index (κ2) is 7.76. The van der Waals surface area contributed by atoms with Gasteiger partial charge in [-0.3, -0.25) is 0 Å². The number of para-hydroxylation sites is 3. The maximum Gasteiger partial charge on any atom is 0.338 e. The van der Waals surface area contributed by atoms with Crippen LogP contribution in [0.2, 0.25) is 0 Å². The molecule has 0 saturated heterocycles. The number of fused-ring (bicyclic) bond motifs is 7. The summed E-state index contributed by atoms with van der Waals surface area (Å²) in [5, 5.41) is 23.5. The second-order valence-corrected chi connectivity index (χ2v) is 9.65. The minimum absolute atomic E-state index is 0.0534. The largest absolute Gasteiger partial charge is 0.478 e. The van der Waals surface area contributed by atoms with Crippen molar-refractivity contribution in [1.82, 2.24) is 9.97 Å². The van der Waals surface area contributed by atoms with Gasteiger partial charge >= 0.3 is 11.9 Å². The van der Waals surface area contributed by atoms with Crippen molar-refractivity contribution in [2.75, 3.05) is 10.2 Å². The number of aryl methyl sites for hydroxylation is 1. The number of carboxylic acids is 2. The molecule has 0 radical (unpaired) electrons. The molecule has 186 valence electrons. The van der Waals surface area contributed by atoms with E-state index in [0.29, 0.717) is 33.6 Å². The first-order valence-corrected chi connectivity index (χ1v) is 12.4. The molecule has 3 heterocycles. The van der Waals surface area contributed by atoms with Crippen molar-refractivity contribution in [3.63, 3.8) is 0 Å². The molecule has 0 fully saturated rings. The topological polar surface area (TPSA) is 116 Å². The number of hydrogen-bond donors (Lipinski definition) is 3. The highest BCUT2D eigenvalue weighted by molar-refractivity contribution is 6.12. The van der Waals surface area contributed by atoms with Gasteiger partial charge in [-0.25, -0.2) is 19.6 Å². The molecule has 1 aromatic heterocycles. The highest BCUT2D eigenvalue weighted by Crippen LogP contribution is 2.58. The van der Waals surface area contributed by atoms with Gasteiger partial charge in [-0.2, -0.15) is 0 Å². The van der Waals surface area contributed by atoms with Crippen LogP contribution in [0.1, 0.15) is 57.2 Å². The molecule has 8 nitrogen and oxygen atoms in total. The van der Waals surface area contributed by atoms with E-state index < -0.39 is 11.9 Å². The standard InChI is InChI=1S/C30H22N4O4/c1-3-15-7-4-10-19-24(15)33-27-23-14(2)16-8-5-11-20-28(16)34(22(23)13-18(30(37)38)26(27)31-19)21-12-6-9-17(29(35)36)25(21)32-20/h4-14,32H,3H2,1-2H3,(H,35,36)(H,37,38). The van der Waals surface area contributed by atoms with Crippen molar-refractivity contribution in [3.05, 3.63) is 88.5 Å². The number of aromatic carboxylic acids is 2. The zero-order valence-electron chi connectivity index (χ0n) is 20.6. The van der Waals surface area contributed by atoms with Crippen molar-refractivity contribution in [3.8, 4) is 0 Å². The van der Waals surface area contributed by atoms with Gasteiger partial charge in [0.2, 0.25) is 0 Å². The number of benzene rings is 4. The lowest BCUT2D eigenvalue weighted by molar-refractivity contribution is 0.0687. The summed E-state index contributed by atoms with van der Waals surface area (Å²) in [7, 11) is 0. The van der Waals surface area contributed by atoms with E-state index in [9.17, 15) is 19.8 Å². The number of nitrogens with one attached hydrogen (secondary N) is 1. The zero-order valence-corrected chi connectivity index (χ0v) is 20.6. The third kappa shape index (κ3) is 2.85. The fourth-order valence-corrected chi connectivity index (χ4v) is 5.93. The molecule has 0 amide bonds. The van der Waals surface area contributed by atoms with E-state index in [4.69, 9.17) is 9.97 Å². The van der Waals surface area contributed by atoms with Crippen LogP contribution in [-0.4, -0.2) is 32.1 Å². The molecule has 0 bridgehead atoms. The fraction of sp³-hybridized carbons (Fsp3) is 0.133. The van der Waals surface area contributed by atoms with Crippen LogP contribution in [0.15, 0.2) is 60.7 Å². The monoisotopic (exact) mass is 502 g/mol. The number of hydrogen-bond acceptors (Lipinski definition) is 6. The van der Waals surface area contributed by atoms with Gasteiger partial charge in [-0.15, -0.1) is 0 Å². The summed E-state index contributed by atoms with van der Waals surface area (Å²) in [5.41, 5.74) is 8.82. The lowest BCUT2D eigenvalue weighted by Gasteiger charge is -2.42. The predicted octanol–water partition coefficient (Wildman–Crippen LogP) is 6.73. The van der Waals surface area contributed by atoms with Crippen molar-refractivity contribution in [1.29, 1.82) is 0 Å². The number of aromatic nitrogens is 2. The van der Waals surface area contributed by atoms with E-state index in [1.54, 1.807) is 18.2 Å². The Morgan fingerprint density at radius 1 is 0.895 bits per heavy atom. The van der Waals surface area contributed by atoms with Gasteiger partial charge in [0.1, 0.15) is 5.52 Å². The Kier molecular flexibility index (Phi) is 4.54. The quantitative estimate of drug-likeness (QED) is 0.228. The van der Waals surface area contributed by atoms with Crippen LogP contribution in [0, 0.1) is 0 Å². The maximum atomic E-state index is 12.6. The SMILES string of the molecule is CCc1cccc2nc3c(C(=O)O)cc4c(c3nc12)C(C)c1cccc2c1N4c1cccc(C(=O)O)c1N2. The van der Waals surface area contributed by atoms with Crippen molar-refractivity contribution in [2.45, 2.75) is 26.2 Å². The minimum Gasteiger partial charge on any atom is -0.478 e. The van der Waals surface area contributed by atoms with Crippen LogP contribution < -0.4 is 10.2 Å². The fourth-order valence-electron chi connectivity index (χ4n) is 5.93. The number of carbonyl (C=O) groups is 2. The van der Waals surface area contributed by atoms with Gasteiger partial charge in [-0.05, 0) is 47.9 Å². The van der Waals surface area contributed by atoms with Crippen LogP contribution >= 0.6 is 0 Å². The zero-order chi connectivity index (χ0) is 26.3. The Morgan fingerprint density at radius 2 is 1.66 bits per heavy atom. The van der Waals surface area contributed by atoms with Crippen molar-refractivity contribution >= 4 is 62.4 Å². The normalized spacial score (nSPS) is 15.0. The van der Waals surface area contributed by atoms with Crippen LogP contribution in [0.5, 0.6) is 0 Å². The van der Waals surface area contributed by atoms with E-state index in [1.165, 1.54) is 0 Å². The average Bonchev–Trinajstić information content (AvgIpc) is 2.92. The molecule has 38 heavy (non-hydrogen) atoms. The highest BCUT2D eigenvalue weighted by Gasteiger charge is 2.38. The van der Waals surface area contributed by atoms with E-state index in [-0.39, 0.29) is 17.0 Å². The predicted molar refractivity (Wildman–Crippen MR) is 146 cm³/mol. The Hall–Kier alpha value is -4.98. The first kappa shape index (κ1) is 22.2. The molecule has 7 rings (SSSR count). The Labute approximate surface area is 217 Å². The summed E-state index contributed by atoms with van der Waals surface area (Å²) >= 11 is 0. The van der Waals surface area contributed by atoms with E-state index in [0.717, 1.165) is 40.0 Å². The summed E-state index contributed by atoms with van der Waals surface area (Å²) in [6.45, 7) is 4.15. The summed E-state index contributed by atoms with van der Waals surface area (Å²) in [6.07, 6.45) is 0.767. The van der Waals surface area contributed by atoms with E-state index in [1.807, 2.05) is 41.3 Å². The average molecular weight is 503 g/mol. The minimum atomic E-state index is -1.10. The van der Waals surface area contributed by atoms with Crippen molar-refractivity contribution < 1.29 is 19.8 Å². The first-order chi connectivity index (χ1) is 18.4. The van der Waals surface area contributed by atoms with Crippen molar-refractivity contribution in [2.24, 2.45) is 0 Å². The number of nitrogens with zero attached hydrogens (tertiary/aromatic N) is 3. The first-order valence-electron chi connectivity index (χ1n) is 12.4. The van der Waals surface area contributed by atoms with Gasteiger partial charge in [0, 0.05) is 11.5 Å². The molecule has 0 spiro atoms. The molecule has 1 atom stereocenters. The third-order valence-electron chi connectivity index (χ3n) is 7.66. The summed E-state index contributed by atoms with van der Waals surface area (Å²) in [5.74, 6) is -2.26. The molecule has 0 aliphatic carbocycles. The van der Waals surface area contributed by atoms with E-state index >= 15 is 0 Å². The molecule has 5 aromatic rings. The molecule has 8 heteroatoms. The van der Waals surface area contributed by atoms with Gasteiger partial charge in [0.25, 0.3) is 0 Å². The lowest BCUT2D eigenvalue weighted by atomic mass is 9.82. The summed E-state index contributed by atoms with van der Waals surface area (Å²) in [4.78, 5) is 36.6. The number of anilines is 5. The smallest absolute Gasteiger partial charge is 0.338 e. The van der Waals surface area contributed by atoms with Crippen LogP contribution in [-0.2, 0) is 6.42 Å². The second-order valence-electron chi connectivity index (χ2n) is 9.65. The van der Waals surface area contributed by atoms with Gasteiger partial charge < -0.3 is 20.4 Å². The van der Waals surface area contributed by atoms with Crippen LogP contribution in [0.25, 0.3) is 22.1 Å². The Morgan fingerprint density at radius 3 is 2.42 bits per heavy atom. The summed E-state index contributed by atoms with van der Waals surface area (Å²) in [6, 6.07) is 18.5. The maximum absolute atomic E-state index is 12.6. The van der Waals surface area contributed by atoms with E-state index in [2.05, 4.69) is 25.2 Å². The molecule has 2 aliphatic heterocycles. The van der Waals surface area contributed by atoms with Crippen LogP contribution in [0.3, 0.4) is 0 Å². The summed E-state index contributed by atoms with van der Waals surface area (Å²) < 4.78 is 0. The number of rotatable bonds is 3. The molecule has 2 aliphatic rings. The molecule has 3 N–H and O–H groups in total. The van der Waals surface area contributed by atoms with Gasteiger partial charge in [0.05, 0.1) is 56.1 Å². The van der Waals surface area contributed by atoms with Gasteiger partial charge in [0.15, 0.2) is 0 Å². The van der Waals surface area contributed by atoms with Gasteiger partial charge in [-0.1, -0.05) is 44.2 Å². The Balaban J connectivity index is 1.65. The lowest BCUT2D eigenvalue weighted by Crippen LogP contribution is -2.27. The molecular formula is C30H22N4O4. The molecular weight excluding hydrogens is 480 g/mol. The number of carboxylic acid groups (broad SMARTS) is 2. The third-order valence-corrected chi connectivity index (χ3v) is 7.66. The molecule has 0 saturated carbocycles. The molecule has 4 aromatic carbocycles. The highest BCUT2D eigenvalue weighted by atomic mass is 16.4. The molecule has 1 unspecified atom stereocenters. The Bertz CT molecular complexity index is 1880. The van der Waals surface area contributed by atoms with Crippen LogP contribution in [0.4, 0.5) is 28.4 Å².